The Morgan fingerprint density at radius 1 is 1.20 bits per heavy atom. The Morgan fingerprint density at radius 2 is 1.84 bits per heavy atom. The van der Waals surface area contributed by atoms with Gasteiger partial charge in [-0.3, -0.25) is 14.2 Å². The molecule has 0 heterocycles. The van der Waals surface area contributed by atoms with E-state index in [0.29, 0.717) is 25.0 Å². The number of carbonyl (C=O) groups excluding carboxylic acids is 2. The third-order valence-corrected chi connectivity index (χ3v) is 6.82. The molecule has 2 amide bonds. The fourth-order valence-electron chi connectivity index (χ4n) is 3.07. The minimum Gasteiger partial charge on any atom is -0.355 e. The van der Waals surface area contributed by atoms with E-state index in [-0.39, 0.29) is 30.4 Å². The molecule has 0 aromatic heterocycles. The maximum absolute atomic E-state index is 12.3. The Kier molecular flexibility index (Phi) is 9.69. The van der Waals surface area contributed by atoms with Crippen LogP contribution in [0.25, 0.3) is 0 Å². The molecule has 7 nitrogen and oxygen atoms in total. The van der Waals surface area contributed by atoms with Gasteiger partial charge in [0, 0.05) is 18.9 Å². The van der Waals surface area contributed by atoms with Gasteiger partial charge in [0.15, 0.2) is 0 Å². The Balaban J connectivity index is 2.16. The first-order valence-electron chi connectivity index (χ1n) is 9.32. The highest BCUT2D eigenvalue weighted by Gasteiger charge is 2.25. The highest BCUT2D eigenvalue weighted by atomic mass is 31.2. The van der Waals surface area contributed by atoms with E-state index >= 15 is 0 Å². The molecule has 1 fully saturated rings. The van der Waals surface area contributed by atoms with Crippen LogP contribution in [0, 0.1) is 11.8 Å². The van der Waals surface area contributed by atoms with E-state index in [1.165, 1.54) is 6.42 Å². The van der Waals surface area contributed by atoms with Crippen LogP contribution in [0.3, 0.4) is 0 Å². The normalized spacial score (nSPS) is 19.2. The zero-order valence-corrected chi connectivity index (χ0v) is 16.4. The van der Waals surface area contributed by atoms with Crippen molar-refractivity contribution in [2.75, 3.05) is 25.4 Å². The number of amides is 2. The molecule has 0 aromatic rings. The molecule has 1 saturated carbocycles. The van der Waals surface area contributed by atoms with Gasteiger partial charge >= 0.3 is 0 Å². The van der Waals surface area contributed by atoms with Crippen molar-refractivity contribution in [3.8, 4) is 0 Å². The first-order valence-corrected chi connectivity index (χ1v) is 11.3. The van der Waals surface area contributed by atoms with Crippen LogP contribution in [-0.4, -0.2) is 48.2 Å². The van der Waals surface area contributed by atoms with Gasteiger partial charge < -0.3 is 21.3 Å². The van der Waals surface area contributed by atoms with Crippen LogP contribution >= 0.6 is 7.37 Å². The summed E-state index contributed by atoms with van der Waals surface area (Å²) in [7, 11) is -3.11. The number of nitrogens with two attached hydrogens (primary N) is 1. The van der Waals surface area contributed by atoms with E-state index < -0.39 is 13.4 Å². The van der Waals surface area contributed by atoms with E-state index in [9.17, 15) is 19.0 Å². The predicted octanol–water partition coefficient (Wildman–Crippen LogP) is 1.44. The maximum atomic E-state index is 12.3. The van der Waals surface area contributed by atoms with Crippen LogP contribution in [0.2, 0.25) is 0 Å². The van der Waals surface area contributed by atoms with Crippen LogP contribution in [0.4, 0.5) is 0 Å². The van der Waals surface area contributed by atoms with E-state index in [0.717, 1.165) is 25.7 Å². The van der Waals surface area contributed by atoms with Gasteiger partial charge in [0.1, 0.15) is 0 Å². The highest BCUT2D eigenvalue weighted by molar-refractivity contribution is 7.57. The number of rotatable bonds is 10. The quantitative estimate of drug-likeness (QED) is 0.340. The Bertz CT molecular complexity index is 479. The molecule has 0 bridgehead atoms. The van der Waals surface area contributed by atoms with Crippen molar-refractivity contribution in [2.45, 2.75) is 58.4 Å². The summed E-state index contributed by atoms with van der Waals surface area (Å²) in [5, 5.41) is 5.15. The minimum absolute atomic E-state index is 0.00549. The number of nitrogens with one attached hydrogen (secondary N) is 2. The van der Waals surface area contributed by atoms with Crippen molar-refractivity contribution < 1.29 is 19.0 Å². The van der Waals surface area contributed by atoms with Crippen molar-refractivity contribution in [2.24, 2.45) is 17.6 Å². The van der Waals surface area contributed by atoms with Crippen LogP contribution in [0.5, 0.6) is 0 Å². The number of hydrogen-bond acceptors (Lipinski definition) is 4. The maximum Gasteiger partial charge on any atom is 0.239 e. The first-order chi connectivity index (χ1) is 11.7. The smallest absolute Gasteiger partial charge is 0.239 e. The number of hydrogen-bond donors (Lipinski definition) is 4. The molecule has 25 heavy (non-hydrogen) atoms. The molecule has 8 heteroatoms. The average molecular weight is 375 g/mol. The Labute approximate surface area is 151 Å². The molecule has 2 unspecified atom stereocenters. The van der Waals surface area contributed by atoms with Gasteiger partial charge in [-0.15, -0.1) is 0 Å². The van der Waals surface area contributed by atoms with Gasteiger partial charge in [0.05, 0.1) is 12.6 Å². The summed E-state index contributed by atoms with van der Waals surface area (Å²) >= 11 is 0. The van der Waals surface area contributed by atoms with Crippen LogP contribution in [0.1, 0.15) is 52.4 Å². The molecule has 5 N–H and O–H groups in total. The van der Waals surface area contributed by atoms with E-state index in [1.807, 2.05) is 13.8 Å². The fraction of sp³-hybridized carbons (Fsp3) is 0.882. The molecule has 2 atom stereocenters. The van der Waals surface area contributed by atoms with Crippen molar-refractivity contribution in [1.29, 1.82) is 0 Å². The summed E-state index contributed by atoms with van der Waals surface area (Å²) in [4.78, 5) is 33.4. The van der Waals surface area contributed by atoms with Crippen molar-refractivity contribution >= 4 is 19.2 Å². The minimum atomic E-state index is -3.11. The van der Waals surface area contributed by atoms with E-state index in [1.54, 1.807) is 0 Å². The third kappa shape index (κ3) is 9.38. The average Bonchev–Trinajstić information content (AvgIpc) is 2.56. The molecule has 0 spiro atoms. The summed E-state index contributed by atoms with van der Waals surface area (Å²) in [6.45, 7) is 3.88. The first kappa shape index (κ1) is 22.1. The predicted molar refractivity (Wildman–Crippen MR) is 99.6 cm³/mol. The van der Waals surface area contributed by atoms with Gasteiger partial charge in [-0.05, 0) is 31.1 Å². The van der Waals surface area contributed by atoms with Gasteiger partial charge in [0.2, 0.25) is 19.2 Å². The molecule has 146 valence electrons. The summed E-state index contributed by atoms with van der Waals surface area (Å²) < 4.78 is 12.3. The lowest BCUT2D eigenvalue weighted by molar-refractivity contribution is -0.127. The zero-order valence-electron chi connectivity index (χ0n) is 15.5. The highest BCUT2D eigenvalue weighted by Crippen LogP contribution is 2.45. The summed E-state index contributed by atoms with van der Waals surface area (Å²) in [5.41, 5.74) is 5.69. The molecule has 0 radical (unpaired) electrons. The van der Waals surface area contributed by atoms with E-state index in [2.05, 4.69) is 10.6 Å². The van der Waals surface area contributed by atoms with Crippen LogP contribution in [-0.2, 0) is 14.2 Å². The van der Waals surface area contributed by atoms with Crippen LogP contribution in [0.15, 0.2) is 0 Å². The topological polar surface area (TPSA) is 122 Å². The van der Waals surface area contributed by atoms with Crippen LogP contribution < -0.4 is 16.4 Å². The van der Waals surface area contributed by atoms with Gasteiger partial charge in [-0.25, -0.2) is 0 Å². The molecule has 0 aromatic carbocycles. The lowest BCUT2D eigenvalue weighted by Gasteiger charge is -2.24. The summed E-state index contributed by atoms with van der Waals surface area (Å²) in [6, 6.07) is -0.632. The Morgan fingerprint density at radius 3 is 2.44 bits per heavy atom. The molecular weight excluding hydrogens is 341 g/mol. The van der Waals surface area contributed by atoms with Gasteiger partial charge in [-0.1, -0.05) is 33.1 Å². The molecule has 1 rings (SSSR count). The Hall–Kier alpha value is -0.910. The monoisotopic (exact) mass is 375 g/mol. The standard InChI is InChI=1S/C17H34N3O4P/c1-13(2)16(18)17(22)20-11-15(21)19-9-6-10-25(23,24)12-14-7-4-3-5-8-14/h13-14,16H,3-12,18H2,1-2H3,(H,19,21)(H,20,22)(H,23,24). The molecule has 0 saturated heterocycles. The molecule has 1 aliphatic carbocycles. The SMILES string of the molecule is CC(C)C(N)C(=O)NCC(=O)NCCCP(=O)(O)CC1CCCCC1. The van der Waals surface area contributed by atoms with Gasteiger partial charge in [0.25, 0.3) is 0 Å². The second-order valence-electron chi connectivity index (χ2n) is 7.45. The summed E-state index contributed by atoms with van der Waals surface area (Å²) in [5.74, 6) is -0.285. The lowest BCUT2D eigenvalue weighted by atomic mass is 9.91. The second kappa shape index (κ2) is 10.9. The molecule has 1 aliphatic rings. The zero-order chi connectivity index (χ0) is 18.9. The summed E-state index contributed by atoms with van der Waals surface area (Å²) in [6.07, 6.45) is 6.76. The van der Waals surface area contributed by atoms with E-state index in [4.69, 9.17) is 5.73 Å². The van der Waals surface area contributed by atoms with Crippen molar-refractivity contribution in [3.63, 3.8) is 0 Å². The third-order valence-electron chi connectivity index (χ3n) is 4.72. The van der Waals surface area contributed by atoms with Crippen molar-refractivity contribution in [1.82, 2.24) is 10.6 Å². The molecular formula is C17H34N3O4P. The second-order valence-corrected chi connectivity index (χ2v) is 9.95. The lowest BCUT2D eigenvalue weighted by Crippen LogP contribution is -2.47. The fourth-order valence-corrected chi connectivity index (χ4v) is 5.08. The molecule has 0 aliphatic heterocycles. The van der Waals surface area contributed by atoms with Gasteiger partial charge in [-0.2, -0.15) is 0 Å². The number of carbonyl (C=O) groups is 2. The largest absolute Gasteiger partial charge is 0.355 e. The van der Waals surface area contributed by atoms with Crippen molar-refractivity contribution in [3.05, 3.63) is 0 Å².